The van der Waals surface area contributed by atoms with Crippen LogP contribution in [-0.2, 0) is 11.2 Å². The fourth-order valence-electron chi connectivity index (χ4n) is 1.74. The van der Waals surface area contributed by atoms with Crippen molar-refractivity contribution in [2.24, 2.45) is 5.73 Å². The first-order chi connectivity index (χ1) is 8.49. The van der Waals surface area contributed by atoms with Gasteiger partial charge in [0.15, 0.2) is 0 Å². The predicted molar refractivity (Wildman–Crippen MR) is 68.2 cm³/mol. The minimum absolute atomic E-state index is 0.359. The van der Waals surface area contributed by atoms with Crippen molar-refractivity contribution in [1.82, 2.24) is 0 Å². The molecule has 1 unspecified atom stereocenters. The van der Waals surface area contributed by atoms with Gasteiger partial charge in [-0.05, 0) is 43.0 Å². The summed E-state index contributed by atoms with van der Waals surface area (Å²) in [5.74, 6) is 0.494. The molecule has 0 aromatic heterocycles. The summed E-state index contributed by atoms with van der Waals surface area (Å²) in [7, 11) is 3.18. The predicted octanol–water partition coefficient (Wildman–Crippen LogP) is 1.36. The van der Waals surface area contributed by atoms with Crippen LogP contribution in [0.4, 0.5) is 0 Å². The molecule has 0 aliphatic rings. The molecule has 5 nitrogen and oxygen atoms in total. The van der Waals surface area contributed by atoms with Gasteiger partial charge in [0.05, 0.1) is 14.2 Å². The lowest BCUT2D eigenvalue weighted by Gasteiger charge is -2.14. The van der Waals surface area contributed by atoms with Crippen molar-refractivity contribution in [3.05, 3.63) is 23.3 Å². The Morgan fingerprint density at radius 1 is 1.33 bits per heavy atom. The zero-order chi connectivity index (χ0) is 13.7. The topological polar surface area (TPSA) is 81.8 Å². The van der Waals surface area contributed by atoms with E-state index in [1.54, 1.807) is 14.2 Å². The summed E-state index contributed by atoms with van der Waals surface area (Å²) in [6.07, 6.45) is 0.894. The molecule has 1 atom stereocenters. The SMILES string of the molecule is COc1cc(CCC(N)C(=O)O)c(OC)cc1C. The highest BCUT2D eigenvalue weighted by Crippen LogP contribution is 2.29. The highest BCUT2D eigenvalue weighted by atomic mass is 16.5. The Bertz CT molecular complexity index is 431. The van der Waals surface area contributed by atoms with Gasteiger partial charge < -0.3 is 20.3 Å². The highest BCUT2D eigenvalue weighted by Gasteiger charge is 2.14. The fourth-order valence-corrected chi connectivity index (χ4v) is 1.74. The molecule has 0 bridgehead atoms. The van der Waals surface area contributed by atoms with E-state index in [1.807, 2.05) is 19.1 Å². The Labute approximate surface area is 107 Å². The maximum Gasteiger partial charge on any atom is 0.320 e. The molecule has 1 aromatic carbocycles. The monoisotopic (exact) mass is 253 g/mol. The number of benzene rings is 1. The molecule has 0 amide bonds. The normalized spacial score (nSPS) is 12.0. The van der Waals surface area contributed by atoms with Gasteiger partial charge in [-0.1, -0.05) is 0 Å². The van der Waals surface area contributed by atoms with Crippen molar-refractivity contribution in [3.63, 3.8) is 0 Å². The van der Waals surface area contributed by atoms with E-state index in [0.717, 1.165) is 22.6 Å². The standard InChI is InChI=1S/C13H19NO4/c1-8-6-12(18-3)9(7-11(8)17-2)4-5-10(14)13(15)16/h6-7,10H,4-5,14H2,1-3H3,(H,15,16). The molecule has 5 heteroatoms. The molecule has 0 heterocycles. The molecule has 0 spiro atoms. The Morgan fingerprint density at radius 3 is 2.44 bits per heavy atom. The summed E-state index contributed by atoms with van der Waals surface area (Å²) in [5.41, 5.74) is 7.36. The first-order valence-corrected chi connectivity index (χ1v) is 5.69. The van der Waals surface area contributed by atoms with Crippen molar-refractivity contribution in [2.45, 2.75) is 25.8 Å². The van der Waals surface area contributed by atoms with Crippen LogP contribution in [-0.4, -0.2) is 31.3 Å². The number of carbonyl (C=O) groups is 1. The van der Waals surface area contributed by atoms with E-state index in [4.69, 9.17) is 20.3 Å². The number of methoxy groups -OCH3 is 2. The van der Waals surface area contributed by atoms with Crippen molar-refractivity contribution >= 4 is 5.97 Å². The molecule has 0 radical (unpaired) electrons. The van der Waals surface area contributed by atoms with Crippen LogP contribution in [0.1, 0.15) is 17.5 Å². The zero-order valence-electron chi connectivity index (χ0n) is 10.9. The van der Waals surface area contributed by atoms with Crippen molar-refractivity contribution in [3.8, 4) is 11.5 Å². The number of hydrogen-bond donors (Lipinski definition) is 2. The first kappa shape index (κ1) is 14.3. The summed E-state index contributed by atoms with van der Waals surface area (Å²) in [4.78, 5) is 10.7. The molecular formula is C13H19NO4. The number of aliphatic carboxylic acids is 1. The number of ether oxygens (including phenoxy) is 2. The van der Waals surface area contributed by atoms with Crippen LogP contribution in [0.3, 0.4) is 0 Å². The minimum Gasteiger partial charge on any atom is -0.496 e. The first-order valence-electron chi connectivity index (χ1n) is 5.69. The molecule has 0 saturated heterocycles. The lowest BCUT2D eigenvalue weighted by Crippen LogP contribution is -2.30. The summed E-state index contributed by atoms with van der Waals surface area (Å²) in [6, 6.07) is 2.88. The molecule has 3 N–H and O–H groups in total. The van der Waals surface area contributed by atoms with Gasteiger partial charge in [0.2, 0.25) is 0 Å². The molecule has 18 heavy (non-hydrogen) atoms. The number of aryl methyl sites for hydroxylation is 2. The Balaban J connectivity index is 2.89. The Hall–Kier alpha value is -1.75. The lowest BCUT2D eigenvalue weighted by atomic mass is 10.0. The number of carboxylic acids is 1. The van der Waals surface area contributed by atoms with Crippen LogP contribution in [0.5, 0.6) is 11.5 Å². The third-order valence-electron chi connectivity index (χ3n) is 2.84. The van der Waals surface area contributed by atoms with Gasteiger partial charge >= 0.3 is 5.97 Å². The van der Waals surface area contributed by atoms with E-state index in [0.29, 0.717) is 12.8 Å². The van der Waals surface area contributed by atoms with Crippen LogP contribution < -0.4 is 15.2 Å². The van der Waals surface area contributed by atoms with E-state index in [2.05, 4.69) is 0 Å². The summed E-state index contributed by atoms with van der Waals surface area (Å²) in [6.45, 7) is 1.92. The molecule has 0 fully saturated rings. The number of nitrogens with two attached hydrogens (primary N) is 1. The molecular weight excluding hydrogens is 234 g/mol. The van der Waals surface area contributed by atoms with E-state index < -0.39 is 12.0 Å². The van der Waals surface area contributed by atoms with E-state index in [9.17, 15) is 4.79 Å². The number of hydrogen-bond acceptors (Lipinski definition) is 4. The van der Waals surface area contributed by atoms with Gasteiger partial charge in [-0.15, -0.1) is 0 Å². The average Bonchev–Trinajstić information content (AvgIpc) is 2.36. The quantitative estimate of drug-likeness (QED) is 0.800. The fraction of sp³-hybridized carbons (Fsp3) is 0.462. The maximum absolute atomic E-state index is 10.7. The van der Waals surface area contributed by atoms with Crippen LogP contribution in [0.25, 0.3) is 0 Å². The molecule has 100 valence electrons. The summed E-state index contributed by atoms with van der Waals surface area (Å²) >= 11 is 0. The van der Waals surface area contributed by atoms with Crippen molar-refractivity contribution in [2.75, 3.05) is 14.2 Å². The number of carboxylic acid groups (broad SMARTS) is 1. The second-order valence-electron chi connectivity index (χ2n) is 4.12. The third-order valence-corrected chi connectivity index (χ3v) is 2.84. The van der Waals surface area contributed by atoms with E-state index in [-0.39, 0.29) is 0 Å². The average molecular weight is 253 g/mol. The molecule has 0 aliphatic heterocycles. The van der Waals surface area contributed by atoms with Gasteiger partial charge in [-0.2, -0.15) is 0 Å². The third kappa shape index (κ3) is 3.37. The van der Waals surface area contributed by atoms with Gasteiger partial charge in [-0.3, -0.25) is 4.79 Å². The summed E-state index contributed by atoms with van der Waals surface area (Å²) in [5, 5.41) is 8.75. The smallest absolute Gasteiger partial charge is 0.320 e. The van der Waals surface area contributed by atoms with E-state index in [1.165, 1.54) is 0 Å². The van der Waals surface area contributed by atoms with Gasteiger partial charge in [0.1, 0.15) is 17.5 Å². The maximum atomic E-state index is 10.7. The van der Waals surface area contributed by atoms with Gasteiger partial charge in [0, 0.05) is 0 Å². The van der Waals surface area contributed by atoms with Crippen molar-refractivity contribution in [1.29, 1.82) is 0 Å². The van der Waals surface area contributed by atoms with Crippen LogP contribution in [0, 0.1) is 6.92 Å². The molecule has 0 aliphatic carbocycles. The van der Waals surface area contributed by atoms with Gasteiger partial charge in [0.25, 0.3) is 0 Å². The Kier molecular flexibility index (Phi) is 4.97. The van der Waals surface area contributed by atoms with Crippen LogP contribution in [0.15, 0.2) is 12.1 Å². The molecule has 1 rings (SSSR count). The largest absolute Gasteiger partial charge is 0.496 e. The molecule has 0 saturated carbocycles. The highest BCUT2D eigenvalue weighted by molar-refractivity contribution is 5.73. The minimum atomic E-state index is -0.993. The lowest BCUT2D eigenvalue weighted by molar-refractivity contribution is -0.138. The van der Waals surface area contributed by atoms with Crippen molar-refractivity contribution < 1.29 is 19.4 Å². The Morgan fingerprint density at radius 2 is 1.94 bits per heavy atom. The van der Waals surface area contributed by atoms with E-state index >= 15 is 0 Å². The van der Waals surface area contributed by atoms with Gasteiger partial charge in [-0.25, -0.2) is 0 Å². The van der Waals surface area contributed by atoms with Crippen LogP contribution >= 0.6 is 0 Å². The second-order valence-corrected chi connectivity index (χ2v) is 4.12. The zero-order valence-corrected chi connectivity index (χ0v) is 10.9. The van der Waals surface area contributed by atoms with Crippen LogP contribution in [0.2, 0.25) is 0 Å². The number of rotatable bonds is 6. The summed E-state index contributed by atoms with van der Waals surface area (Å²) < 4.78 is 10.5. The second kappa shape index (κ2) is 6.26. The molecule has 1 aromatic rings.